The normalized spacial score (nSPS) is 12.0. The Balaban J connectivity index is 1.55. The van der Waals surface area contributed by atoms with Crippen molar-refractivity contribution in [1.82, 2.24) is 10.2 Å². The van der Waals surface area contributed by atoms with Crippen molar-refractivity contribution in [3.05, 3.63) is 54.0 Å². The van der Waals surface area contributed by atoms with E-state index in [0.29, 0.717) is 16.0 Å². The van der Waals surface area contributed by atoms with E-state index >= 15 is 0 Å². The van der Waals surface area contributed by atoms with Gasteiger partial charge in [-0.3, -0.25) is 4.79 Å². The number of hydrogen-bond donors (Lipinski definition) is 2. The number of amides is 1. The Bertz CT molecular complexity index is 866. The molecule has 1 unspecified atom stereocenters. The van der Waals surface area contributed by atoms with Crippen molar-refractivity contribution in [2.24, 2.45) is 0 Å². The van der Waals surface area contributed by atoms with Crippen LogP contribution in [0.2, 0.25) is 0 Å². The number of anilines is 2. The van der Waals surface area contributed by atoms with E-state index in [2.05, 4.69) is 20.8 Å². The predicted molar refractivity (Wildman–Crippen MR) is 96.3 cm³/mol. The van der Waals surface area contributed by atoms with Gasteiger partial charge in [-0.1, -0.05) is 29.2 Å². The first kappa shape index (κ1) is 18.3. The molecule has 10 heteroatoms. The first-order chi connectivity index (χ1) is 12.5. The van der Waals surface area contributed by atoms with Crippen LogP contribution >= 0.6 is 23.1 Å². The van der Waals surface area contributed by atoms with E-state index in [9.17, 15) is 13.6 Å². The topological polar surface area (TPSA) is 80.1 Å². The number of para-hydroxylation sites is 1. The fraction of sp³-hybridized carbons (Fsp3) is 0.188. The molecule has 1 amide bonds. The number of thioether (sulfide) groups is 1. The van der Waals surface area contributed by atoms with Gasteiger partial charge in [-0.15, -0.1) is 10.2 Å². The van der Waals surface area contributed by atoms with Crippen LogP contribution in [0.4, 0.5) is 19.6 Å². The van der Waals surface area contributed by atoms with E-state index in [1.807, 2.05) is 6.07 Å². The summed E-state index contributed by atoms with van der Waals surface area (Å²) in [6, 6.07) is 7.02. The highest BCUT2D eigenvalue weighted by atomic mass is 32.2. The highest BCUT2D eigenvalue weighted by Gasteiger charge is 2.20. The van der Waals surface area contributed by atoms with Gasteiger partial charge in [0.25, 0.3) is 0 Å². The number of rotatable bonds is 7. The summed E-state index contributed by atoms with van der Waals surface area (Å²) in [5.74, 6) is -1.42. The molecule has 2 N–H and O–H groups in total. The van der Waals surface area contributed by atoms with Crippen LogP contribution in [0.15, 0.2) is 45.4 Å². The molecule has 2 aromatic heterocycles. The van der Waals surface area contributed by atoms with Crippen LogP contribution in [0, 0.1) is 11.6 Å². The van der Waals surface area contributed by atoms with E-state index < -0.39 is 28.5 Å². The molecule has 3 rings (SSSR count). The summed E-state index contributed by atoms with van der Waals surface area (Å²) in [7, 11) is 0. The summed E-state index contributed by atoms with van der Waals surface area (Å²) in [4.78, 5) is 12.2. The van der Waals surface area contributed by atoms with Crippen LogP contribution in [0.25, 0.3) is 0 Å². The van der Waals surface area contributed by atoms with Gasteiger partial charge in [0.1, 0.15) is 23.1 Å². The number of nitrogens with zero attached hydrogens (tertiary/aromatic N) is 2. The maximum absolute atomic E-state index is 13.6. The lowest BCUT2D eigenvalue weighted by Gasteiger charge is -2.11. The fourth-order valence-corrected chi connectivity index (χ4v) is 3.84. The molecule has 1 atom stereocenters. The molecule has 3 aromatic rings. The molecule has 0 aliphatic rings. The lowest BCUT2D eigenvalue weighted by Crippen LogP contribution is -2.23. The molecule has 2 heterocycles. The van der Waals surface area contributed by atoms with E-state index in [1.54, 1.807) is 19.3 Å². The van der Waals surface area contributed by atoms with Gasteiger partial charge in [-0.25, -0.2) is 8.78 Å². The Morgan fingerprint density at radius 3 is 2.73 bits per heavy atom. The number of halogens is 2. The zero-order valence-electron chi connectivity index (χ0n) is 13.5. The van der Waals surface area contributed by atoms with Crippen molar-refractivity contribution >= 4 is 39.8 Å². The number of benzene rings is 1. The third-order valence-electron chi connectivity index (χ3n) is 3.26. The van der Waals surface area contributed by atoms with Crippen LogP contribution in [0.1, 0.15) is 12.7 Å². The molecular weight excluding hydrogens is 382 g/mol. The Kier molecular flexibility index (Phi) is 5.84. The third kappa shape index (κ3) is 4.58. The second kappa shape index (κ2) is 8.28. The van der Waals surface area contributed by atoms with Crippen LogP contribution in [0.3, 0.4) is 0 Å². The molecule has 0 spiro atoms. The molecule has 0 bridgehead atoms. The zero-order valence-corrected chi connectivity index (χ0v) is 15.2. The molecule has 26 heavy (non-hydrogen) atoms. The van der Waals surface area contributed by atoms with Crippen molar-refractivity contribution in [3.8, 4) is 0 Å². The third-order valence-corrected chi connectivity index (χ3v) is 5.32. The van der Waals surface area contributed by atoms with Gasteiger partial charge in [0.2, 0.25) is 11.0 Å². The Morgan fingerprint density at radius 2 is 2.04 bits per heavy atom. The number of hydrogen-bond acceptors (Lipinski definition) is 7. The standard InChI is InChI=1S/C16H14F2N4O2S2/c1-9(14(23)20-13-11(17)5-2-6-12(13)18)25-16-22-21-15(26-16)19-8-10-4-3-7-24-10/h2-7,9H,8H2,1H3,(H,19,21)(H,20,23). The predicted octanol–water partition coefficient (Wildman–Crippen LogP) is 4.14. The number of carbonyl (C=O) groups excluding carboxylic acids is 1. The van der Waals surface area contributed by atoms with Crippen molar-refractivity contribution in [2.75, 3.05) is 10.6 Å². The molecule has 136 valence electrons. The molecule has 0 aliphatic carbocycles. The quantitative estimate of drug-likeness (QED) is 0.584. The molecule has 0 aliphatic heterocycles. The lowest BCUT2D eigenvalue weighted by atomic mass is 10.3. The van der Waals surface area contributed by atoms with Gasteiger partial charge in [0.15, 0.2) is 4.34 Å². The maximum atomic E-state index is 13.6. The average Bonchev–Trinajstić information content (AvgIpc) is 3.28. The van der Waals surface area contributed by atoms with Crippen molar-refractivity contribution in [2.45, 2.75) is 23.1 Å². The summed E-state index contributed by atoms with van der Waals surface area (Å²) in [5.41, 5.74) is -0.456. The molecule has 0 saturated carbocycles. The minimum Gasteiger partial charge on any atom is -0.467 e. The highest BCUT2D eigenvalue weighted by Crippen LogP contribution is 2.30. The smallest absolute Gasteiger partial charge is 0.237 e. The van der Waals surface area contributed by atoms with Crippen molar-refractivity contribution < 1.29 is 18.0 Å². The summed E-state index contributed by atoms with van der Waals surface area (Å²) >= 11 is 2.42. The van der Waals surface area contributed by atoms with Gasteiger partial charge in [-0.05, 0) is 31.2 Å². The van der Waals surface area contributed by atoms with Gasteiger partial charge >= 0.3 is 0 Å². The van der Waals surface area contributed by atoms with Crippen LogP contribution in [-0.2, 0) is 11.3 Å². The monoisotopic (exact) mass is 396 g/mol. The molecule has 0 saturated heterocycles. The summed E-state index contributed by atoms with van der Waals surface area (Å²) in [6.45, 7) is 2.09. The van der Waals surface area contributed by atoms with Crippen molar-refractivity contribution in [1.29, 1.82) is 0 Å². The lowest BCUT2D eigenvalue weighted by molar-refractivity contribution is -0.115. The Hall–Kier alpha value is -2.46. The number of furan rings is 1. The molecule has 0 fully saturated rings. The first-order valence-electron chi connectivity index (χ1n) is 7.54. The Labute approximate surface area is 156 Å². The maximum Gasteiger partial charge on any atom is 0.237 e. The van der Waals surface area contributed by atoms with E-state index in [1.165, 1.54) is 17.4 Å². The van der Waals surface area contributed by atoms with E-state index in [4.69, 9.17) is 4.42 Å². The van der Waals surface area contributed by atoms with Crippen LogP contribution in [0.5, 0.6) is 0 Å². The van der Waals surface area contributed by atoms with Gasteiger partial charge in [0, 0.05) is 0 Å². The second-order valence-electron chi connectivity index (χ2n) is 5.15. The molecule has 6 nitrogen and oxygen atoms in total. The molecule has 0 radical (unpaired) electrons. The zero-order chi connectivity index (χ0) is 18.5. The minimum atomic E-state index is -0.823. The van der Waals surface area contributed by atoms with E-state index in [0.717, 1.165) is 29.7 Å². The van der Waals surface area contributed by atoms with Crippen LogP contribution < -0.4 is 10.6 Å². The van der Waals surface area contributed by atoms with Gasteiger partial charge in [0.05, 0.1) is 18.1 Å². The summed E-state index contributed by atoms with van der Waals surface area (Å²) in [6.07, 6.45) is 1.58. The summed E-state index contributed by atoms with van der Waals surface area (Å²) < 4.78 is 33.0. The van der Waals surface area contributed by atoms with Gasteiger partial charge < -0.3 is 15.1 Å². The van der Waals surface area contributed by atoms with E-state index in [-0.39, 0.29) is 0 Å². The minimum absolute atomic E-state index is 0.456. The average molecular weight is 396 g/mol. The first-order valence-corrected chi connectivity index (χ1v) is 9.24. The fourth-order valence-electron chi connectivity index (χ4n) is 1.95. The number of aromatic nitrogens is 2. The SMILES string of the molecule is CC(Sc1nnc(NCc2ccco2)s1)C(=O)Nc1c(F)cccc1F. The molecule has 1 aromatic carbocycles. The largest absolute Gasteiger partial charge is 0.467 e. The van der Waals surface area contributed by atoms with Gasteiger partial charge in [-0.2, -0.15) is 0 Å². The summed E-state index contributed by atoms with van der Waals surface area (Å²) in [5, 5.41) is 13.3. The molecular formula is C16H14F2N4O2S2. The number of nitrogens with one attached hydrogen (secondary N) is 2. The highest BCUT2D eigenvalue weighted by molar-refractivity contribution is 8.02. The van der Waals surface area contributed by atoms with Crippen molar-refractivity contribution in [3.63, 3.8) is 0 Å². The second-order valence-corrected chi connectivity index (χ2v) is 7.72. The van der Waals surface area contributed by atoms with Crippen LogP contribution in [-0.4, -0.2) is 21.4 Å². The number of carbonyl (C=O) groups is 1. The Morgan fingerprint density at radius 1 is 1.27 bits per heavy atom.